The number of aromatic nitrogens is 4. The van der Waals surface area contributed by atoms with Crippen molar-refractivity contribution in [3.63, 3.8) is 0 Å². The number of likely N-dealkylation sites (N-methyl/N-ethyl adjacent to an activating group) is 1. The first-order valence-corrected chi connectivity index (χ1v) is 14.4. The van der Waals surface area contributed by atoms with Gasteiger partial charge in [-0.2, -0.15) is 0 Å². The molecule has 2 atom stereocenters. The number of halogens is 3. The first kappa shape index (κ1) is 29.2. The molecule has 2 aromatic carbocycles. The standard InChI is InChI=1S/C30H32ClF2N7O3/c1-15-14-43-26-18(11-21(33)24-25(26)40(15)28(36-24)30(2,3)42)23-19(31)12-34-29(37-23)35-22-7-6-16(10-20(22)32)27(41)39-9-8-17(13-39)38(4)5/h6-7,10-12,15,17,42H,8-9,13-14H2,1-5H3,(H,34,35,37)/t15-,17+/m0/s1. The predicted molar refractivity (Wildman–Crippen MR) is 159 cm³/mol. The van der Waals surface area contributed by atoms with Gasteiger partial charge in [0.1, 0.15) is 34.9 Å². The van der Waals surface area contributed by atoms with Gasteiger partial charge in [-0.3, -0.25) is 4.79 Å². The highest BCUT2D eigenvalue weighted by atomic mass is 35.5. The Bertz CT molecular complexity index is 1750. The molecule has 2 aromatic heterocycles. The summed E-state index contributed by atoms with van der Waals surface area (Å²) in [7, 11) is 3.95. The van der Waals surface area contributed by atoms with Crippen molar-refractivity contribution in [3.8, 4) is 17.0 Å². The Balaban J connectivity index is 1.33. The van der Waals surface area contributed by atoms with E-state index in [-0.39, 0.29) is 63.6 Å². The van der Waals surface area contributed by atoms with E-state index in [1.54, 1.807) is 29.4 Å². The largest absolute Gasteiger partial charge is 0.488 e. The Hall–Kier alpha value is -3.87. The average molecular weight is 612 g/mol. The summed E-state index contributed by atoms with van der Waals surface area (Å²) in [6.45, 7) is 6.52. The van der Waals surface area contributed by atoms with Crippen molar-refractivity contribution >= 4 is 40.2 Å². The number of anilines is 2. The zero-order valence-electron chi connectivity index (χ0n) is 24.5. The molecule has 226 valence electrons. The fraction of sp³-hybridized carbons (Fsp3) is 0.400. The molecule has 4 heterocycles. The van der Waals surface area contributed by atoms with Gasteiger partial charge in [-0.25, -0.2) is 23.7 Å². The molecule has 0 radical (unpaired) electrons. The Morgan fingerprint density at radius 2 is 1.98 bits per heavy atom. The minimum absolute atomic E-state index is 0.00770. The van der Waals surface area contributed by atoms with Gasteiger partial charge in [-0.1, -0.05) is 11.6 Å². The minimum Gasteiger partial charge on any atom is -0.488 e. The van der Waals surface area contributed by atoms with Gasteiger partial charge in [0.05, 0.1) is 28.6 Å². The van der Waals surface area contributed by atoms with Crippen molar-refractivity contribution in [2.45, 2.75) is 44.9 Å². The number of likely N-dealkylation sites (tertiary alicyclic amines) is 1. The number of carbonyl (C=O) groups excluding carboxylic acids is 1. The summed E-state index contributed by atoms with van der Waals surface area (Å²) < 4.78 is 38.5. The summed E-state index contributed by atoms with van der Waals surface area (Å²) in [5, 5.41) is 13.7. The van der Waals surface area contributed by atoms with Gasteiger partial charge >= 0.3 is 0 Å². The van der Waals surface area contributed by atoms with Crippen LogP contribution < -0.4 is 10.1 Å². The maximum atomic E-state index is 15.5. The molecular weight excluding hydrogens is 580 g/mol. The zero-order valence-corrected chi connectivity index (χ0v) is 25.2. The van der Waals surface area contributed by atoms with Gasteiger partial charge in [0.25, 0.3) is 5.91 Å². The minimum atomic E-state index is -1.33. The molecule has 43 heavy (non-hydrogen) atoms. The number of hydrogen-bond acceptors (Lipinski definition) is 8. The van der Waals surface area contributed by atoms with Crippen LogP contribution in [0.25, 0.3) is 22.3 Å². The lowest BCUT2D eigenvalue weighted by molar-refractivity contribution is 0.0615. The highest BCUT2D eigenvalue weighted by Crippen LogP contribution is 2.45. The highest BCUT2D eigenvalue weighted by molar-refractivity contribution is 6.33. The van der Waals surface area contributed by atoms with E-state index in [9.17, 15) is 9.90 Å². The summed E-state index contributed by atoms with van der Waals surface area (Å²) in [5.74, 6) is -0.887. The monoisotopic (exact) mass is 611 g/mol. The molecule has 0 spiro atoms. The van der Waals surface area contributed by atoms with E-state index in [1.165, 1.54) is 24.4 Å². The Labute approximate surface area is 252 Å². The van der Waals surface area contributed by atoms with Gasteiger partial charge in [-0.15, -0.1) is 0 Å². The Kier molecular flexibility index (Phi) is 7.26. The zero-order chi connectivity index (χ0) is 30.8. The van der Waals surface area contributed by atoms with Gasteiger partial charge < -0.3 is 29.5 Å². The molecule has 13 heteroatoms. The van der Waals surface area contributed by atoms with Crippen LogP contribution >= 0.6 is 11.6 Å². The van der Waals surface area contributed by atoms with Gasteiger partial charge in [-0.05, 0) is 65.6 Å². The maximum Gasteiger partial charge on any atom is 0.254 e. The number of rotatable bonds is 6. The number of benzene rings is 2. The first-order valence-electron chi connectivity index (χ1n) is 14.0. The maximum absolute atomic E-state index is 15.5. The van der Waals surface area contributed by atoms with Crippen molar-refractivity contribution in [1.29, 1.82) is 0 Å². The number of amides is 1. The Morgan fingerprint density at radius 3 is 2.65 bits per heavy atom. The molecule has 0 unspecified atom stereocenters. The van der Waals surface area contributed by atoms with Gasteiger partial charge in [0.15, 0.2) is 11.6 Å². The van der Waals surface area contributed by atoms with Crippen molar-refractivity contribution in [2.24, 2.45) is 0 Å². The predicted octanol–water partition coefficient (Wildman–Crippen LogP) is 5.13. The van der Waals surface area contributed by atoms with E-state index in [1.807, 2.05) is 21.0 Å². The second-order valence-corrected chi connectivity index (χ2v) is 12.2. The van der Waals surface area contributed by atoms with Gasteiger partial charge in [0.2, 0.25) is 5.95 Å². The normalized spacial score (nSPS) is 18.4. The molecule has 0 saturated carbocycles. The van der Waals surface area contributed by atoms with E-state index in [2.05, 4.69) is 25.2 Å². The molecule has 2 N–H and O–H groups in total. The van der Waals surface area contributed by atoms with Crippen molar-refractivity contribution < 1.29 is 23.4 Å². The number of imidazole rings is 1. The lowest BCUT2D eigenvalue weighted by atomic mass is 10.1. The lowest BCUT2D eigenvalue weighted by Gasteiger charge is -2.28. The van der Waals surface area contributed by atoms with E-state index in [0.29, 0.717) is 30.2 Å². The van der Waals surface area contributed by atoms with Crippen molar-refractivity contribution in [1.82, 2.24) is 29.3 Å². The molecule has 1 saturated heterocycles. The molecule has 6 rings (SSSR count). The smallest absolute Gasteiger partial charge is 0.254 e. The molecule has 10 nitrogen and oxygen atoms in total. The molecule has 0 aliphatic carbocycles. The quantitative estimate of drug-likeness (QED) is 0.309. The van der Waals surface area contributed by atoms with Gasteiger partial charge in [0, 0.05) is 30.3 Å². The van der Waals surface area contributed by atoms with Crippen LogP contribution in [0.5, 0.6) is 5.75 Å². The molecule has 1 fully saturated rings. The third-order valence-electron chi connectivity index (χ3n) is 7.97. The van der Waals surface area contributed by atoms with E-state index in [0.717, 1.165) is 6.42 Å². The van der Waals surface area contributed by atoms with Crippen LogP contribution in [0.3, 0.4) is 0 Å². The average Bonchev–Trinajstić information content (AvgIpc) is 3.61. The fourth-order valence-electron chi connectivity index (χ4n) is 5.68. The molecule has 1 amide bonds. The number of aliphatic hydroxyl groups is 1. The number of ether oxygens (including phenoxy) is 1. The second-order valence-electron chi connectivity index (χ2n) is 11.8. The van der Waals surface area contributed by atoms with Crippen LogP contribution in [0.15, 0.2) is 30.5 Å². The van der Waals surface area contributed by atoms with Crippen LogP contribution in [0, 0.1) is 11.6 Å². The van der Waals surface area contributed by atoms with Crippen molar-refractivity contribution in [3.05, 3.63) is 58.5 Å². The SMILES string of the molecule is C[C@H]1COc2c(-c3nc(Nc4ccc(C(=O)N5CC[C@@H](N(C)C)C5)cc4F)ncc3Cl)cc(F)c3nc(C(C)(C)O)n1c23. The molecule has 0 bridgehead atoms. The molecule has 4 aromatic rings. The summed E-state index contributed by atoms with van der Waals surface area (Å²) in [5.41, 5.74) is -0.150. The van der Waals surface area contributed by atoms with E-state index < -0.39 is 17.2 Å². The fourth-order valence-corrected chi connectivity index (χ4v) is 5.87. The van der Waals surface area contributed by atoms with Crippen LogP contribution in [0.2, 0.25) is 5.02 Å². The molecule has 2 aliphatic heterocycles. The van der Waals surface area contributed by atoms with Crippen LogP contribution in [0.1, 0.15) is 49.4 Å². The number of nitrogens with zero attached hydrogens (tertiary/aromatic N) is 6. The molecular formula is C30H32ClF2N7O3. The summed E-state index contributed by atoms with van der Waals surface area (Å²) in [6, 6.07) is 5.48. The van der Waals surface area contributed by atoms with Crippen LogP contribution in [-0.4, -0.2) is 80.2 Å². The topological polar surface area (TPSA) is 109 Å². The van der Waals surface area contributed by atoms with Crippen molar-refractivity contribution in [2.75, 3.05) is 39.1 Å². The number of nitrogens with one attached hydrogen (secondary N) is 1. The first-order chi connectivity index (χ1) is 20.3. The third-order valence-corrected chi connectivity index (χ3v) is 8.24. The third kappa shape index (κ3) is 5.17. The summed E-state index contributed by atoms with van der Waals surface area (Å²) >= 11 is 6.50. The molecule has 2 aliphatic rings. The second kappa shape index (κ2) is 10.7. The number of carbonyl (C=O) groups is 1. The lowest BCUT2D eigenvalue weighted by Crippen LogP contribution is -2.34. The van der Waals surface area contributed by atoms with Crippen LogP contribution in [-0.2, 0) is 5.60 Å². The summed E-state index contributed by atoms with van der Waals surface area (Å²) in [4.78, 5) is 29.9. The Morgan fingerprint density at radius 1 is 1.21 bits per heavy atom. The van der Waals surface area contributed by atoms with E-state index in [4.69, 9.17) is 16.3 Å². The van der Waals surface area contributed by atoms with Crippen LogP contribution in [0.4, 0.5) is 20.4 Å². The number of hydrogen-bond donors (Lipinski definition) is 2. The summed E-state index contributed by atoms with van der Waals surface area (Å²) in [6.07, 6.45) is 2.19. The highest BCUT2D eigenvalue weighted by Gasteiger charge is 2.35. The van der Waals surface area contributed by atoms with E-state index >= 15 is 8.78 Å².